The van der Waals surface area contributed by atoms with E-state index in [1.54, 1.807) is 0 Å². The van der Waals surface area contributed by atoms with Crippen molar-refractivity contribution in [2.45, 2.75) is 71.1 Å². The van der Waals surface area contributed by atoms with E-state index >= 15 is 0 Å². The Kier molecular flexibility index (Phi) is 8.18. The summed E-state index contributed by atoms with van der Waals surface area (Å²) in [6, 6.07) is 0. The molecule has 2 rings (SSSR count). The summed E-state index contributed by atoms with van der Waals surface area (Å²) in [7, 11) is 0. The van der Waals surface area contributed by atoms with Gasteiger partial charge in [-0.25, -0.2) is 4.39 Å². The van der Waals surface area contributed by atoms with Crippen LogP contribution in [0.5, 0.6) is 0 Å². The summed E-state index contributed by atoms with van der Waals surface area (Å²) in [6.45, 7) is 9.41. The van der Waals surface area contributed by atoms with Crippen LogP contribution in [-0.4, -0.2) is 6.61 Å². The molecule has 0 atom stereocenters. The molecule has 3 heteroatoms. The third-order valence-electron chi connectivity index (χ3n) is 6.27. The van der Waals surface area contributed by atoms with Crippen LogP contribution in [0.15, 0.2) is 36.6 Å². The van der Waals surface area contributed by atoms with Gasteiger partial charge in [0, 0.05) is 0 Å². The van der Waals surface area contributed by atoms with Crippen LogP contribution in [0.25, 0.3) is 0 Å². The Morgan fingerprint density at radius 2 is 1.48 bits per heavy atom. The highest BCUT2D eigenvalue weighted by Crippen LogP contribution is 2.42. The van der Waals surface area contributed by atoms with E-state index in [0.717, 1.165) is 36.7 Å². The number of rotatable bonds is 8. The Labute approximate surface area is 152 Å². The molecule has 0 heterocycles. The Balaban J connectivity index is 1.68. The van der Waals surface area contributed by atoms with Gasteiger partial charge in [-0.1, -0.05) is 45.8 Å². The molecular weight excluding hydrogens is 318 g/mol. The van der Waals surface area contributed by atoms with Crippen molar-refractivity contribution in [3.05, 3.63) is 36.6 Å². The number of hydrogen-bond donors (Lipinski definition) is 0. The molecule has 2 saturated carbocycles. The van der Waals surface area contributed by atoms with Gasteiger partial charge in [-0.2, -0.15) is 4.39 Å². The Morgan fingerprint density at radius 1 is 0.960 bits per heavy atom. The maximum atomic E-state index is 13.5. The topological polar surface area (TPSA) is 9.23 Å². The van der Waals surface area contributed by atoms with Crippen LogP contribution in [0, 0.1) is 23.7 Å². The first-order chi connectivity index (χ1) is 12.0. The highest BCUT2D eigenvalue weighted by atomic mass is 19.2. The summed E-state index contributed by atoms with van der Waals surface area (Å²) in [5.41, 5.74) is 0. The van der Waals surface area contributed by atoms with Gasteiger partial charge in [0.2, 0.25) is 0 Å². The van der Waals surface area contributed by atoms with Gasteiger partial charge >= 0.3 is 0 Å². The standard InChI is InChI=1S/C22H34F2O/c1-4-6-17-7-11-19(12-8-17)20-13-9-18(10-14-20)15-25-16(3)22(24)21(23)5-2/h5,17-20H,2-4,6-15H2,1H3/b22-21-. The van der Waals surface area contributed by atoms with E-state index in [-0.39, 0.29) is 5.76 Å². The molecular formula is C22H34F2O. The second kappa shape index (κ2) is 10.1. The summed E-state index contributed by atoms with van der Waals surface area (Å²) in [5.74, 6) is 0.914. The van der Waals surface area contributed by atoms with Crippen molar-refractivity contribution in [3.8, 4) is 0 Å². The monoisotopic (exact) mass is 352 g/mol. The molecule has 2 fully saturated rings. The molecule has 0 amide bonds. The quantitative estimate of drug-likeness (QED) is 0.330. The zero-order valence-electron chi connectivity index (χ0n) is 15.7. The van der Waals surface area contributed by atoms with Crippen molar-refractivity contribution in [1.82, 2.24) is 0 Å². The number of ether oxygens (including phenoxy) is 1. The second-order valence-electron chi connectivity index (χ2n) is 7.95. The zero-order valence-corrected chi connectivity index (χ0v) is 15.7. The molecule has 0 aromatic rings. The summed E-state index contributed by atoms with van der Waals surface area (Å²) in [6.07, 6.45) is 14.0. The van der Waals surface area contributed by atoms with Crippen LogP contribution in [0.1, 0.15) is 71.1 Å². The van der Waals surface area contributed by atoms with Crippen molar-refractivity contribution < 1.29 is 13.5 Å². The maximum absolute atomic E-state index is 13.5. The third-order valence-corrected chi connectivity index (χ3v) is 6.27. The van der Waals surface area contributed by atoms with Crippen molar-refractivity contribution in [2.75, 3.05) is 6.61 Å². The Bertz CT molecular complexity index is 466. The first-order valence-corrected chi connectivity index (χ1v) is 10.0. The van der Waals surface area contributed by atoms with E-state index in [9.17, 15) is 8.78 Å². The summed E-state index contributed by atoms with van der Waals surface area (Å²) in [5, 5.41) is 0. The molecule has 0 spiro atoms. The summed E-state index contributed by atoms with van der Waals surface area (Å²) in [4.78, 5) is 0. The normalized spacial score (nSPS) is 31.2. The molecule has 142 valence electrons. The molecule has 0 unspecified atom stereocenters. The lowest BCUT2D eigenvalue weighted by Gasteiger charge is -2.37. The average molecular weight is 353 g/mol. The average Bonchev–Trinajstić information content (AvgIpc) is 2.66. The molecule has 0 aromatic carbocycles. The molecule has 2 aliphatic carbocycles. The molecule has 0 N–H and O–H groups in total. The van der Waals surface area contributed by atoms with E-state index in [4.69, 9.17) is 4.74 Å². The van der Waals surface area contributed by atoms with E-state index in [1.165, 1.54) is 51.4 Å². The smallest absolute Gasteiger partial charge is 0.199 e. The lowest BCUT2D eigenvalue weighted by molar-refractivity contribution is 0.0980. The molecule has 0 aromatic heterocycles. The van der Waals surface area contributed by atoms with Gasteiger partial charge in [0.15, 0.2) is 17.4 Å². The molecule has 0 radical (unpaired) electrons. The van der Waals surface area contributed by atoms with E-state index in [1.807, 2.05) is 0 Å². The minimum Gasteiger partial charge on any atom is -0.491 e. The second-order valence-corrected chi connectivity index (χ2v) is 7.95. The first-order valence-electron chi connectivity index (χ1n) is 10.0. The van der Waals surface area contributed by atoms with Gasteiger partial charge in [-0.05, 0) is 68.3 Å². The first kappa shape index (κ1) is 20.2. The Morgan fingerprint density at radius 3 is 1.96 bits per heavy atom. The summed E-state index contributed by atoms with van der Waals surface area (Å²) >= 11 is 0. The number of allylic oxidation sites excluding steroid dienone is 3. The predicted molar refractivity (Wildman–Crippen MR) is 100 cm³/mol. The maximum Gasteiger partial charge on any atom is 0.199 e. The van der Waals surface area contributed by atoms with Crippen molar-refractivity contribution >= 4 is 0 Å². The zero-order chi connectivity index (χ0) is 18.2. The van der Waals surface area contributed by atoms with Crippen molar-refractivity contribution in [1.29, 1.82) is 0 Å². The molecule has 1 nitrogen and oxygen atoms in total. The molecule has 25 heavy (non-hydrogen) atoms. The van der Waals surface area contributed by atoms with E-state index < -0.39 is 11.7 Å². The summed E-state index contributed by atoms with van der Waals surface area (Å²) < 4.78 is 32.0. The van der Waals surface area contributed by atoms with E-state index in [2.05, 4.69) is 20.1 Å². The van der Waals surface area contributed by atoms with Gasteiger partial charge in [0.05, 0.1) is 6.61 Å². The van der Waals surface area contributed by atoms with Crippen LogP contribution >= 0.6 is 0 Å². The van der Waals surface area contributed by atoms with E-state index in [0.29, 0.717) is 12.5 Å². The fourth-order valence-electron chi connectivity index (χ4n) is 4.69. The molecule has 0 aliphatic heterocycles. The van der Waals surface area contributed by atoms with Crippen LogP contribution in [0.3, 0.4) is 0 Å². The van der Waals surface area contributed by atoms with Crippen LogP contribution in [-0.2, 0) is 4.74 Å². The van der Waals surface area contributed by atoms with Crippen molar-refractivity contribution in [2.24, 2.45) is 23.7 Å². The largest absolute Gasteiger partial charge is 0.491 e. The SMILES string of the molecule is C=C/C(F)=C(/F)C(=C)OCC1CCC(C2CCC(CCC)CC2)CC1. The minimum absolute atomic E-state index is 0.214. The minimum atomic E-state index is -1.03. The van der Waals surface area contributed by atoms with Gasteiger partial charge in [0.1, 0.15) is 0 Å². The fourth-order valence-corrected chi connectivity index (χ4v) is 4.69. The predicted octanol–water partition coefficient (Wildman–Crippen LogP) is 7.27. The van der Waals surface area contributed by atoms with Crippen LogP contribution in [0.4, 0.5) is 8.78 Å². The number of hydrogen-bond acceptors (Lipinski definition) is 1. The lowest BCUT2D eigenvalue weighted by atomic mass is 9.69. The van der Waals surface area contributed by atoms with Crippen LogP contribution < -0.4 is 0 Å². The van der Waals surface area contributed by atoms with Crippen LogP contribution in [0.2, 0.25) is 0 Å². The third kappa shape index (κ3) is 5.97. The molecule has 0 saturated heterocycles. The van der Waals surface area contributed by atoms with Gasteiger partial charge < -0.3 is 4.74 Å². The molecule has 0 bridgehead atoms. The van der Waals surface area contributed by atoms with Crippen molar-refractivity contribution in [3.63, 3.8) is 0 Å². The van der Waals surface area contributed by atoms with Gasteiger partial charge in [-0.3, -0.25) is 0 Å². The Hall–Kier alpha value is -1.12. The highest BCUT2D eigenvalue weighted by Gasteiger charge is 2.30. The fraction of sp³-hybridized carbons (Fsp3) is 0.727. The number of halogens is 2. The lowest BCUT2D eigenvalue weighted by Crippen LogP contribution is -2.27. The van der Waals surface area contributed by atoms with Gasteiger partial charge in [0.25, 0.3) is 0 Å². The van der Waals surface area contributed by atoms with Gasteiger partial charge in [-0.15, -0.1) is 0 Å². The molecule has 2 aliphatic rings. The highest BCUT2D eigenvalue weighted by molar-refractivity contribution is 5.25.